The van der Waals surface area contributed by atoms with Crippen LogP contribution in [0.1, 0.15) is 86.0 Å². The van der Waals surface area contributed by atoms with Gasteiger partial charge in [0.25, 0.3) is 5.69 Å². The molecular formula is C53H59FN4O10. The summed E-state index contributed by atoms with van der Waals surface area (Å²) >= 11 is 0. The lowest BCUT2D eigenvalue weighted by atomic mass is 9.55. The largest absolute Gasteiger partial charge is 0.459 e. The summed E-state index contributed by atoms with van der Waals surface area (Å²) in [6.07, 6.45) is 8.87. The van der Waals surface area contributed by atoms with Crippen LogP contribution in [-0.2, 0) is 34.1 Å². The van der Waals surface area contributed by atoms with Crippen LogP contribution < -0.4 is 14.8 Å². The normalized spacial score (nSPS) is 23.0. The second kappa shape index (κ2) is 22.1. The van der Waals surface area contributed by atoms with E-state index in [1.54, 1.807) is 47.4 Å². The maximum atomic E-state index is 14.9. The van der Waals surface area contributed by atoms with E-state index in [1.807, 2.05) is 36.4 Å². The summed E-state index contributed by atoms with van der Waals surface area (Å²) in [5.74, 6) is -2.62. The lowest BCUT2D eigenvalue weighted by molar-refractivity contribution is -0.384. The van der Waals surface area contributed by atoms with Gasteiger partial charge in [-0.15, -0.1) is 6.58 Å². The lowest BCUT2D eigenvalue weighted by Crippen LogP contribution is -2.70. The highest BCUT2D eigenvalue weighted by Crippen LogP contribution is 2.62. The Balaban J connectivity index is 1.28. The number of non-ortho nitro benzene ring substituents is 1. The zero-order valence-corrected chi connectivity index (χ0v) is 38.1. The molecular weight excluding hydrogens is 872 g/mol. The first kappa shape index (κ1) is 48.1. The Labute approximate surface area is 395 Å². The van der Waals surface area contributed by atoms with Crippen LogP contribution in [0.25, 0.3) is 0 Å². The summed E-state index contributed by atoms with van der Waals surface area (Å²) in [5, 5.41) is 39.1. The first-order valence-corrected chi connectivity index (χ1v) is 23.6. The van der Waals surface area contributed by atoms with E-state index in [0.717, 1.165) is 42.4 Å². The molecule has 8 rings (SSSR count). The number of nitro groups is 1. The molecule has 6 atom stereocenters. The second-order valence-electron chi connectivity index (χ2n) is 18.1. The molecule has 4 aromatic carbocycles. The minimum atomic E-state index is -1.54. The van der Waals surface area contributed by atoms with E-state index in [2.05, 4.69) is 18.0 Å². The van der Waals surface area contributed by atoms with E-state index in [9.17, 15) is 34.3 Å². The molecule has 358 valence electrons. The van der Waals surface area contributed by atoms with Crippen molar-refractivity contribution in [2.45, 2.75) is 95.2 Å². The van der Waals surface area contributed by atoms with Crippen LogP contribution in [0.2, 0.25) is 0 Å². The molecule has 4 aromatic rings. The van der Waals surface area contributed by atoms with Crippen molar-refractivity contribution in [1.82, 2.24) is 10.2 Å². The average Bonchev–Trinajstić information content (AvgIpc) is 4.21. The van der Waals surface area contributed by atoms with Crippen LogP contribution in [0.3, 0.4) is 0 Å². The number of aliphatic hydroxyl groups is 2. The van der Waals surface area contributed by atoms with Gasteiger partial charge in [0.2, 0.25) is 11.7 Å². The molecule has 2 amide bonds. The number of ether oxygens (including phenoxy) is 3. The number of benzene rings is 4. The number of rotatable bonds is 22. The van der Waals surface area contributed by atoms with Crippen molar-refractivity contribution in [3.8, 4) is 11.5 Å². The molecule has 14 nitrogen and oxygen atoms in total. The van der Waals surface area contributed by atoms with E-state index < -0.39 is 34.6 Å². The minimum absolute atomic E-state index is 0.00201. The molecule has 2 saturated carbocycles. The third-order valence-corrected chi connectivity index (χ3v) is 13.5. The summed E-state index contributed by atoms with van der Waals surface area (Å²) in [4.78, 5) is 47.1. The van der Waals surface area contributed by atoms with Gasteiger partial charge in [0.15, 0.2) is 0 Å². The number of hydrogen-bond donors (Lipinski definition) is 3. The number of oxime groups is 1. The Morgan fingerprint density at radius 3 is 2.35 bits per heavy atom. The summed E-state index contributed by atoms with van der Waals surface area (Å²) in [6, 6.07) is 26.2. The molecule has 1 heterocycles. The van der Waals surface area contributed by atoms with E-state index in [-0.39, 0.29) is 81.2 Å². The Bertz CT molecular complexity index is 2460. The van der Waals surface area contributed by atoms with Crippen molar-refractivity contribution in [2.24, 2.45) is 28.8 Å². The van der Waals surface area contributed by atoms with Gasteiger partial charge in [-0.05, 0) is 115 Å². The van der Waals surface area contributed by atoms with Crippen molar-refractivity contribution in [3.05, 3.63) is 160 Å². The summed E-state index contributed by atoms with van der Waals surface area (Å²) in [7, 11) is 0. The predicted molar refractivity (Wildman–Crippen MR) is 252 cm³/mol. The standard InChI is InChI=1S/C53H59FN4O10/c1-2-28-65-53-48(57(51(61)38-18-19-38)33-36-14-20-40(54)21-15-36)31-46(56-66-34-37-16-22-41(23-17-37)58(63)64)44-29-39(12-6-8-26-59)43(13-7-9-27-60)49(50(44)53)45-30-42(24-25-47(45)68-53)67-52(62)55-32-35-10-4-3-5-11-35/h2-5,10-11,14-17,20-25,29-30,38-39,43,48-50,59-60H,1,6-9,12-13,18-19,26-28,31-34H2,(H,55,62). The second-order valence-corrected chi connectivity index (χ2v) is 18.1. The van der Waals surface area contributed by atoms with Gasteiger partial charge in [-0.3, -0.25) is 14.9 Å². The number of halogens is 1. The van der Waals surface area contributed by atoms with Gasteiger partial charge in [0.1, 0.15) is 30.0 Å². The zero-order valence-electron chi connectivity index (χ0n) is 38.1. The number of fused-ring (bicyclic) bond motifs is 2. The Kier molecular flexibility index (Phi) is 15.6. The molecule has 1 aliphatic heterocycles. The van der Waals surface area contributed by atoms with Gasteiger partial charge in [-0.1, -0.05) is 72.6 Å². The molecule has 6 unspecified atom stereocenters. The Morgan fingerprint density at radius 1 is 0.941 bits per heavy atom. The number of amides is 2. The predicted octanol–water partition coefficient (Wildman–Crippen LogP) is 9.30. The van der Waals surface area contributed by atoms with E-state index in [1.165, 1.54) is 24.3 Å². The van der Waals surface area contributed by atoms with Crippen LogP contribution in [-0.4, -0.2) is 69.4 Å². The summed E-state index contributed by atoms with van der Waals surface area (Å²) < 4.78 is 34.7. The number of nitro benzene ring substituents is 1. The quantitative estimate of drug-likeness (QED) is 0.0297. The topological polar surface area (TPSA) is 182 Å². The van der Waals surface area contributed by atoms with Crippen LogP contribution >= 0.6 is 0 Å². The average molecular weight is 931 g/mol. The fourth-order valence-corrected chi connectivity index (χ4v) is 10.2. The first-order chi connectivity index (χ1) is 33.1. The lowest BCUT2D eigenvalue weighted by Gasteiger charge is -2.60. The highest BCUT2D eigenvalue weighted by molar-refractivity contribution is 6.03. The summed E-state index contributed by atoms with van der Waals surface area (Å²) in [6.45, 7) is 4.53. The van der Waals surface area contributed by atoms with Gasteiger partial charge >= 0.3 is 6.09 Å². The fourth-order valence-electron chi connectivity index (χ4n) is 10.2. The number of nitrogens with zero attached hydrogens (tertiary/aromatic N) is 3. The number of allylic oxidation sites excluding steroid dienone is 1. The molecule has 4 aliphatic rings. The van der Waals surface area contributed by atoms with E-state index in [0.29, 0.717) is 54.0 Å². The number of hydrogen-bond acceptors (Lipinski definition) is 11. The minimum Gasteiger partial charge on any atom is -0.459 e. The molecule has 3 N–H and O–H groups in total. The van der Waals surface area contributed by atoms with Crippen molar-refractivity contribution in [2.75, 3.05) is 19.8 Å². The monoisotopic (exact) mass is 930 g/mol. The molecule has 0 saturated heterocycles. The van der Waals surface area contributed by atoms with Gasteiger partial charge in [0, 0.05) is 62.3 Å². The number of aliphatic hydroxyl groups excluding tert-OH is 2. The molecule has 0 aromatic heterocycles. The van der Waals surface area contributed by atoms with Crippen LogP contribution in [0.5, 0.6) is 11.5 Å². The molecule has 2 fully saturated rings. The molecule has 15 heteroatoms. The third-order valence-electron chi connectivity index (χ3n) is 13.5. The van der Waals surface area contributed by atoms with Crippen molar-refractivity contribution < 1.29 is 48.2 Å². The highest BCUT2D eigenvalue weighted by atomic mass is 19.1. The van der Waals surface area contributed by atoms with E-state index in [4.69, 9.17) is 24.2 Å². The van der Waals surface area contributed by atoms with Gasteiger partial charge in [-0.25, -0.2) is 9.18 Å². The first-order valence-electron chi connectivity index (χ1n) is 23.6. The SMILES string of the molecule is C=CCOC12Oc3ccc(OC(=O)NCc4ccccc4)cc3C3C(CCCCO)C(CCCCO)C=C(C(=NOCc4ccc([N+](=O)[O-])cc4)CC1N(Cc1ccc(F)cc1)C(=O)C1CC1)C32. The zero-order chi connectivity index (χ0) is 47.6. The number of nitrogens with one attached hydrogen (secondary N) is 1. The number of carbonyl (C=O) groups excluding carboxylic acids is 2. The highest BCUT2D eigenvalue weighted by Gasteiger charge is 2.66. The molecule has 3 aliphatic carbocycles. The summed E-state index contributed by atoms with van der Waals surface area (Å²) in [5.41, 5.74) is 4.39. The third kappa shape index (κ3) is 11.0. The van der Waals surface area contributed by atoms with Crippen LogP contribution in [0.15, 0.2) is 127 Å². The van der Waals surface area contributed by atoms with Gasteiger partial charge in [0.05, 0.1) is 23.2 Å². The van der Waals surface area contributed by atoms with Crippen molar-refractivity contribution >= 4 is 23.4 Å². The molecule has 0 spiro atoms. The number of carbonyl (C=O) groups is 2. The maximum Gasteiger partial charge on any atom is 0.412 e. The van der Waals surface area contributed by atoms with E-state index >= 15 is 0 Å². The van der Waals surface area contributed by atoms with Gasteiger partial charge < -0.3 is 39.5 Å². The smallest absolute Gasteiger partial charge is 0.412 e. The van der Waals surface area contributed by atoms with Crippen LogP contribution in [0.4, 0.5) is 14.9 Å². The Morgan fingerprint density at radius 2 is 1.66 bits per heavy atom. The number of unbranched alkanes of at least 4 members (excludes halogenated alkanes) is 2. The molecule has 68 heavy (non-hydrogen) atoms. The fraction of sp³-hybridized carbons (Fsp3) is 0.415. The van der Waals surface area contributed by atoms with Gasteiger partial charge in [-0.2, -0.15) is 0 Å². The van der Waals surface area contributed by atoms with Crippen molar-refractivity contribution in [3.63, 3.8) is 0 Å². The maximum absolute atomic E-state index is 14.9. The van der Waals surface area contributed by atoms with Crippen molar-refractivity contribution in [1.29, 1.82) is 0 Å². The van der Waals surface area contributed by atoms with Crippen LogP contribution in [0, 0.1) is 39.6 Å². The molecule has 0 bridgehead atoms. The molecule has 0 radical (unpaired) electrons. The Hall–Kier alpha value is -6.42.